The van der Waals surface area contributed by atoms with Gasteiger partial charge < -0.3 is 20.6 Å². The highest BCUT2D eigenvalue weighted by Gasteiger charge is 2.28. The van der Waals surface area contributed by atoms with Crippen molar-refractivity contribution in [2.45, 2.75) is 91.4 Å². The van der Waals surface area contributed by atoms with E-state index in [-0.39, 0.29) is 18.4 Å². The van der Waals surface area contributed by atoms with Crippen molar-refractivity contribution in [3.8, 4) is 0 Å². The van der Waals surface area contributed by atoms with Gasteiger partial charge in [-0.05, 0) is 97.2 Å². The number of aliphatic hydroxyl groups is 1. The van der Waals surface area contributed by atoms with Crippen LogP contribution in [-0.2, 0) is 4.79 Å². The van der Waals surface area contributed by atoms with Crippen LogP contribution in [0.5, 0.6) is 0 Å². The smallest absolute Gasteiger partial charge is 0.203 e. The lowest BCUT2D eigenvalue weighted by Gasteiger charge is -2.39. The molecule has 1 aromatic carbocycles. The van der Waals surface area contributed by atoms with E-state index < -0.39 is 0 Å². The van der Waals surface area contributed by atoms with Crippen LogP contribution >= 0.6 is 0 Å². The third-order valence-corrected chi connectivity index (χ3v) is 7.47. The fourth-order valence-electron chi connectivity index (χ4n) is 5.63. The van der Waals surface area contributed by atoms with Gasteiger partial charge in [0, 0.05) is 49.0 Å². The Bertz CT molecular complexity index is 972. The van der Waals surface area contributed by atoms with Crippen molar-refractivity contribution in [3.63, 3.8) is 0 Å². The number of aliphatic hydroxyl groups excluding tert-OH is 1. The molecule has 1 saturated carbocycles. The van der Waals surface area contributed by atoms with Crippen LogP contribution in [0.1, 0.15) is 67.2 Å². The van der Waals surface area contributed by atoms with Crippen LogP contribution < -0.4 is 15.5 Å². The molecule has 3 N–H and O–H groups in total. The molecule has 0 amide bonds. The van der Waals surface area contributed by atoms with Crippen LogP contribution in [0, 0.1) is 0 Å². The lowest BCUT2D eigenvalue weighted by molar-refractivity contribution is -0.111. The Balaban J connectivity index is 1.76. The van der Waals surface area contributed by atoms with Crippen LogP contribution in [0.15, 0.2) is 52.8 Å². The van der Waals surface area contributed by atoms with Gasteiger partial charge in [-0.2, -0.15) is 0 Å². The molecule has 0 atom stereocenters. The van der Waals surface area contributed by atoms with E-state index in [9.17, 15) is 9.90 Å². The summed E-state index contributed by atoms with van der Waals surface area (Å²) in [5.41, 5.74) is 3.94. The maximum absolute atomic E-state index is 13.0. The second kappa shape index (κ2) is 13.8. The monoisotopic (exact) mass is 509 g/mol. The number of ketones is 1. The van der Waals surface area contributed by atoms with Gasteiger partial charge in [-0.1, -0.05) is 6.92 Å². The topological polar surface area (TPSA) is 80.2 Å². The van der Waals surface area contributed by atoms with E-state index in [4.69, 9.17) is 4.99 Å². The lowest BCUT2D eigenvalue weighted by atomic mass is 9.89. The summed E-state index contributed by atoms with van der Waals surface area (Å²) in [4.78, 5) is 22.8. The number of nitrogens with one attached hydrogen (secondary N) is 2. The Hall–Kier alpha value is -2.64. The van der Waals surface area contributed by atoms with Gasteiger partial charge in [-0.15, -0.1) is 0 Å². The predicted octanol–water partition coefficient (Wildman–Crippen LogP) is 4.56. The largest absolute Gasteiger partial charge is 0.395 e. The van der Waals surface area contributed by atoms with E-state index in [1.165, 1.54) is 5.69 Å². The molecule has 0 bridgehead atoms. The second-order valence-electron chi connectivity index (χ2n) is 10.6. The van der Waals surface area contributed by atoms with Gasteiger partial charge in [-0.3, -0.25) is 9.69 Å². The summed E-state index contributed by atoms with van der Waals surface area (Å²) >= 11 is 0. The number of rotatable bonds is 12. The van der Waals surface area contributed by atoms with Crippen molar-refractivity contribution in [3.05, 3.63) is 47.8 Å². The SMILES string of the molecule is CCN(c1ccc(/N=C2/C=C(NC3CCC(N(CC)C(C)C)CC3)C(=O)C=C2NCCO)cc1)C(C)C. The Morgan fingerprint density at radius 3 is 2.16 bits per heavy atom. The average molecular weight is 510 g/mol. The molecule has 3 rings (SSSR count). The molecule has 0 unspecified atom stereocenters. The maximum atomic E-state index is 13.0. The Labute approximate surface area is 223 Å². The first-order valence-electron chi connectivity index (χ1n) is 14.1. The van der Waals surface area contributed by atoms with Crippen molar-refractivity contribution in [2.24, 2.45) is 4.99 Å². The van der Waals surface area contributed by atoms with E-state index in [0.29, 0.717) is 41.8 Å². The Morgan fingerprint density at radius 1 is 0.946 bits per heavy atom. The van der Waals surface area contributed by atoms with Crippen LogP contribution in [0.25, 0.3) is 0 Å². The first-order chi connectivity index (χ1) is 17.8. The third kappa shape index (κ3) is 7.68. The molecule has 37 heavy (non-hydrogen) atoms. The van der Waals surface area contributed by atoms with Gasteiger partial charge in [0.2, 0.25) is 5.78 Å². The fourth-order valence-corrected chi connectivity index (χ4v) is 5.63. The Kier molecular flexibility index (Phi) is 10.8. The quantitative estimate of drug-likeness (QED) is 0.359. The number of aliphatic imine (C=N–C) groups is 1. The number of anilines is 1. The molecular weight excluding hydrogens is 462 g/mol. The summed E-state index contributed by atoms with van der Waals surface area (Å²) in [6.07, 6.45) is 7.85. The maximum Gasteiger partial charge on any atom is 0.203 e. The summed E-state index contributed by atoms with van der Waals surface area (Å²) in [6, 6.07) is 10.1. The summed E-state index contributed by atoms with van der Waals surface area (Å²) in [5.74, 6) is -0.0512. The number of hydrogen-bond acceptors (Lipinski definition) is 7. The van der Waals surface area contributed by atoms with E-state index in [1.807, 2.05) is 18.2 Å². The molecule has 0 saturated heterocycles. The van der Waals surface area contributed by atoms with Gasteiger partial charge in [0.25, 0.3) is 0 Å². The van der Waals surface area contributed by atoms with E-state index in [2.05, 4.69) is 74.1 Å². The zero-order valence-corrected chi connectivity index (χ0v) is 23.6. The van der Waals surface area contributed by atoms with Crippen molar-refractivity contribution in [1.82, 2.24) is 15.5 Å². The van der Waals surface area contributed by atoms with Crippen molar-refractivity contribution >= 4 is 22.9 Å². The van der Waals surface area contributed by atoms with Gasteiger partial charge in [0.05, 0.1) is 29.4 Å². The predicted molar refractivity (Wildman–Crippen MR) is 155 cm³/mol. The minimum atomic E-state index is -0.0512. The van der Waals surface area contributed by atoms with Gasteiger partial charge >= 0.3 is 0 Å². The highest BCUT2D eigenvalue weighted by molar-refractivity contribution is 6.22. The number of allylic oxidation sites excluding steroid dienone is 2. The number of nitrogens with zero attached hydrogens (tertiary/aromatic N) is 3. The molecular formula is C30H47N5O2. The van der Waals surface area contributed by atoms with E-state index in [0.717, 1.165) is 44.5 Å². The molecule has 7 heteroatoms. The highest BCUT2D eigenvalue weighted by Crippen LogP contribution is 2.27. The molecule has 7 nitrogen and oxygen atoms in total. The van der Waals surface area contributed by atoms with Gasteiger partial charge in [-0.25, -0.2) is 4.99 Å². The zero-order valence-electron chi connectivity index (χ0n) is 23.6. The van der Waals surface area contributed by atoms with Crippen molar-refractivity contribution in [1.29, 1.82) is 0 Å². The molecule has 1 fully saturated rings. The molecule has 0 spiro atoms. The minimum absolute atomic E-state index is 0.0151. The second-order valence-corrected chi connectivity index (χ2v) is 10.6. The van der Waals surface area contributed by atoms with Crippen LogP contribution in [0.3, 0.4) is 0 Å². The first kappa shape index (κ1) is 28.9. The lowest BCUT2D eigenvalue weighted by Crippen LogP contribution is -2.45. The van der Waals surface area contributed by atoms with Crippen LogP contribution in [0.4, 0.5) is 11.4 Å². The molecule has 1 aromatic rings. The first-order valence-corrected chi connectivity index (χ1v) is 14.1. The van der Waals surface area contributed by atoms with Crippen LogP contribution in [-0.4, -0.2) is 71.9 Å². The highest BCUT2D eigenvalue weighted by atomic mass is 16.3. The van der Waals surface area contributed by atoms with Crippen LogP contribution in [0.2, 0.25) is 0 Å². The fraction of sp³-hybridized carbons (Fsp3) is 0.600. The average Bonchev–Trinajstić information content (AvgIpc) is 2.87. The normalized spacial score (nSPS) is 21.5. The molecule has 204 valence electrons. The summed E-state index contributed by atoms with van der Waals surface area (Å²) in [5, 5.41) is 16.0. The Morgan fingerprint density at radius 2 is 1.62 bits per heavy atom. The van der Waals surface area contributed by atoms with E-state index in [1.54, 1.807) is 6.08 Å². The van der Waals surface area contributed by atoms with Gasteiger partial charge in [0.15, 0.2) is 0 Å². The molecule has 2 aliphatic rings. The summed E-state index contributed by atoms with van der Waals surface area (Å²) < 4.78 is 0. The van der Waals surface area contributed by atoms with Crippen molar-refractivity contribution < 1.29 is 9.90 Å². The van der Waals surface area contributed by atoms with Gasteiger partial charge in [0.1, 0.15) is 0 Å². The summed E-state index contributed by atoms with van der Waals surface area (Å²) in [7, 11) is 0. The zero-order chi connectivity index (χ0) is 26.9. The van der Waals surface area contributed by atoms with Crippen molar-refractivity contribution in [2.75, 3.05) is 31.1 Å². The molecule has 2 aliphatic carbocycles. The molecule has 0 aliphatic heterocycles. The number of carbonyl (C=O) groups is 1. The third-order valence-electron chi connectivity index (χ3n) is 7.47. The number of carbonyl (C=O) groups excluding carboxylic acids is 1. The minimum Gasteiger partial charge on any atom is -0.395 e. The standard InChI is InChI=1S/C30H47N5O2/c1-7-34(21(3)4)25-13-9-23(10-14-25)32-28-19-29(30(37)20-27(28)31-17-18-36)33-24-11-15-26(16-12-24)35(8-2)22(5)6/h9-10,13-14,19-22,24,26,31,33,36H,7-8,11-12,15-18H2,1-6H3/b32-28-. The van der Waals surface area contributed by atoms with E-state index >= 15 is 0 Å². The number of benzene rings is 1. The molecule has 0 radical (unpaired) electrons. The molecule has 0 heterocycles. The molecule has 0 aromatic heterocycles. The number of hydrogen-bond donors (Lipinski definition) is 3. The summed E-state index contributed by atoms with van der Waals surface area (Å²) in [6.45, 7) is 15.7.